The smallest absolute Gasteiger partial charge is 0.136 e. The van der Waals surface area contributed by atoms with Crippen LogP contribution in [0.4, 0.5) is 0 Å². The van der Waals surface area contributed by atoms with Crippen LogP contribution in [0.15, 0.2) is 0 Å². The van der Waals surface area contributed by atoms with Gasteiger partial charge in [-0.2, -0.15) is 0 Å². The monoisotopic (exact) mass is 222 g/mol. The first kappa shape index (κ1) is 12.1. The van der Waals surface area contributed by atoms with Gasteiger partial charge in [-0.1, -0.05) is 27.7 Å². The van der Waals surface area contributed by atoms with Crippen LogP contribution in [-0.2, 0) is 4.79 Å². The first-order valence-electron chi connectivity index (χ1n) is 6.98. The van der Waals surface area contributed by atoms with Crippen molar-refractivity contribution in [1.29, 1.82) is 0 Å². The fraction of sp³-hybridized carbons (Fsp3) is 0.933. The number of rotatable bonds is 1. The molecule has 0 aromatic carbocycles. The number of fused-ring (bicyclic) bond motifs is 1. The van der Waals surface area contributed by atoms with E-state index >= 15 is 0 Å². The van der Waals surface area contributed by atoms with Crippen molar-refractivity contribution in [3.05, 3.63) is 0 Å². The Morgan fingerprint density at radius 2 is 1.94 bits per heavy atom. The van der Waals surface area contributed by atoms with Crippen LogP contribution >= 0.6 is 0 Å². The third-order valence-electron chi connectivity index (χ3n) is 5.61. The molecule has 16 heavy (non-hydrogen) atoms. The lowest BCUT2D eigenvalue weighted by Gasteiger charge is -2.51. The normalized spacial score (nSPS) is 44.6. The fourth-order valence-electron chi connectivity index (χ4n) is 4.02. The number of Topliss-reactive ketones (excluding diaryl/α,β-unsaturated/α-hetero) is 1. The standard InChI is InChI=1S/C15H26O/c1-10(2)12-6-7-13-14(16)8-5-11(3)15(13,4)9-12/h10-13H,5-9H2,1-4H3/t11-,12+,13-,15+/m0/s1. The Morgan fingerprint density at radius 1 is 1.25 bits per heavy atom. The van der Waals surface area contributed by atoms with Crippen molar-refractivity contribution < 1.29 is 4.79 Å². The topological polar surface area (TPSA) is 17.1 Å². The van der Waals surface area contributed by atoms with Crippen LogP contribution < -0.4 is 0 Å². The van der Waals surface area contributed by atoms with E-state index in [1.807, 2.05) is 0 Å². The van der Waals surface area contributed by atoms with Gasteiger partial charge in [0.25, 0.3) is 0 Å². The Bertz CT molecular complexity index is 281. The van der Waals surface area contributed by atoms with Gasteiger partial charge in [-0.05, 0) is 48.9 Å². The molecular formula is C15H26O. The Kier molecular flexibility index (Phi) is 3.16. The largest absolute Gasteiger partial charge is 0.299 e. The van der Waals surface area contributed by atoms with E-state index in [0.29, 0.717) is 17.1 Å². The third-order valence-corrected chi connectivity index (χ3v) is 5.61. The summed E-state index contributed by atoms with van der Waals surface area (Å²) >= 11 is 0. The predicted molar refractivity (Wildman–Crippen MR) is 67.2 cm³/mol. The highest BCUT2D eigenvalue weighted by Gasteiger charge is 2.49. The van der Waals surface area contributed by atoms with Crippen molar-refractivity contribution in [3.63, 3.8) is 0 Å². The van der Waals surface area contributed by atoms with Gasteiger partial charge in [-0.25, -0.2) is 0 Å². The number of ketones is 1. The number of hydrogen-bond acceptors (Lipinski definition) is 1. The van der Waals surface area contributed by atoms with E-state index in [1.54, 1.807) is 0 Å². The van der Waals surface area contributed by atoms with Crippen LogP contribution in [0.2, 0.25) is 0 Å². The second kappa shape index (κ2) is 4.16. The summed E-state index contributed by atoms with van der Waals surface area (Å²) in [4.78, 5) is 12.1. The summed E-state index contributed by atoms with van der Waals surface area (Å²) in [5.74, 6) is 3.29. The third kappa shape index (κ3) is 1.83. The first-order valence-corrected chi connectivity index (χ1v) is 6.98. The summed E-state index contributed by atoms with van der Waals surface area (Å²) in [5, 5.41) is 0. The minimum absolute atomic E-state index is 0.308. The van der Waals surface area contributed by atoms with Gasteiger partial charge >= 0.3 is 0 Å². The van der Waals surface area contributed by atoms with E-state index in [4.69, 9.17) is 0 Å². The van der Waals surface area contributed by atoms with Gasteiger partial charge in [0.15, 0.2) is 0 Å². The lowest BCUT2D eigenvalue weighted by Crippen LogP contribution is -2.47. The summed E-state index contributed by atoms with van der Waals surface area (Å²) in [5.41, 5.74) is 0.308. The molecule has 92 valence electrons. The molecule has 0 aliphatic heterocycles. The van der Waals surface area contributed by atoms with E-state index in [2.05, 4.69) is 27.7 Å². The molecule has 0 spiro atoms. The summed E-state index contributed by atoms with van der Waals surface area (Å²) in [7, 11) is 0. The summed E-state index contributed by atoms with van der Waals surface area (Å²) in [6.45, 7) is 9.42. The zero-order valence-corrected chi connectivity index (χ0v) is 11.3. The predicted octanol–water partition coefficient (Wildman–Crippen LogP) is 4.06. The molecule has 0 amide bonds. The molecule has 0 N–H and O–H groups in total. The van der Waals surface area contributed by atoms with Gasteiger partial charge in [0.1, 0.15) is 5.78 Å². The lowest BCUT2D eigenvalue weighted by molar-refractivity contribution is -0.138. The SMILES string of the molecule is CC(C)[C@@H]1CC[C@H]2C(=O)CC[C@H](C)[C@@]2(C)C1. The van der Waals surface area contributed by atoms with E-state index in [1.165, 1.54) is 12.8 Å². The zero-order valence-electron chi connectivity index (χ0n) is 11.3. The van der Waals surface area contributed by atoms with Crippen molar-refractivity contribution in [2.75, 3.05) is 0 Å². The maximum absolute atomic E-state index is 12.1. The van der Waals surface area contributed by atoms with Crippen molar-refractivity contribution in [2.45, 2.75) is 59.8 Å². The maximum Gasteiger partial charge on any atom is 0.136 e. The molecule has 2 rings (SSSR count). The average molecular weight is 222 g/mol. The molecule has 0 unspecified atom stereocenters. The van der Waals surface area contributed by atoms with Gasteiger partial charge < -0.3 is 0 Å². The Hall–Kier alpha value is -0.330. The van der Waals surface area contributed by atoms with Gasteiger partial charge in [0.2, 0.25) is 0 Å². The van der Waals surface area contributed by atoms with Gasteiger partial charge in [-0.15, -0.1) is 0 Å². The molecule has 0 saturated heterocycles. The highest BCUT2D eigenvalue weighted by atomic mass is 16.1. The quantitative estimate of drug-likeness (QED) is 0.654. The molecule has 4 atom stereocenters. The van der Waals surface area contributed by atoms with Crippen LogP contribution in [0.5, 0.6) is 0 Å². The van der Waals surface area contributed by atoms with E-state index < -0.39 is 0 Å². The van der Waals surface area contributed by atoms with Crippen molar-refractivity contribution in [3.8, 4) is 0 Å². The molecule has 2 saturated carbocycles. The number of carbonyl (C=O) groups excluding carboxylic acids is 1. The van der Waals surface area contributed by atoms with E-state index in [9.17, 15) is 4.79 Å². The summed E-state index contributed by atoms with van der Waals surface area (Å²) in [6, 6.07) is 0. The van der Waals surface area contributed by atoms with Crippen LogP contribution in [0, 0.1) is 29.1 Å². The van der Waals surface area contributed by atoms with Crippen molar-refractivity contribution in [2.24, 2.45) is 29.1 Å². The molecule has 2 aliphatic carbocycles. The molecular weight excluding hydrogens is 196 g/mol. The Balaban J connectivity index is 2.20. The minimum Gasteiger partial charge on any atom is -0.299 e. The molecule has 1 nitrogen and oxygen atoms in total. The minimum atomic E-state index is 0.308. The first-order chi connectivity index (χ1) is 7.45. The highest BCUT2D eigenvalue weighted by Crippen LogP contribution is 2.54. The van der Waals surface area contributed by atoms with Crippen LogP contribution in [0.25, 0.3) is 0 Å². The lowest BCUT2D eigenvalue weighted by atomic mass is 9.52. The summed E-state index contributed by atoms with van der Waals surface area (Å²) in [6.07, 6.45) is 5.67. The van der Waals surface area contributed by atoms with E-state index in [0.717, 1.165) is 37.0 Å². The molecule has 2 aliphatic rings. The zero-order chi connectivity index (χ0) is 11.9. The van der Waals surface area contributed by atoms with Crippen LogP contribution in [0.1, 0.15) is 59.8 Å². The molecule has 1 heteroatoms. The molecule has 0 heterocycles. The van der Waals surface area contributed by atoms with Crippen LogP contribution in [0.3, 0.4) is 0 Å². The van der Waals surface area contributed by atoms with Crippen molar-refractivity contribution in [1.82, 2.24) is 0 Å². The van der Waals surface area contributed by atoms with Gasteiger partial charge in [0.05, 0.1) is 0 Å². The molecule has 2 fully saturated rings. The average Bonchev–Trinajstić information content (AvgIpc) is 2.23. The fourth-order valence-corrected chi connectivity index (χ4v) is 4.02. The maximum atomic E-state index is 12.1. The van der Waals surface area contributed by atoms with Crippen molar-refractivity contribution >= 4 is 5.78 Å². The molecule has 0 radical (unpaired) electrons. The highest BCUT2D eigenvalue weighted by molar-refractivity contribution is 5.82. The van der Waals surface area contributed by atoms with Gasteiger partial charge in [0, 0.05) is 12.3 Å². The molecule has 0 aromatic heterocycles. The second-order valence-corrected chi connectivity index (χ2v) is 6.75. The summed E-state index contributed by atoms with van der Waals surface area (Å²) < 4.78 is 0. The van der Waals surface area contributed by atoms with Gasteiger partial charge in [-0.3, -0.25) is 4.79 Å². The Morgan fingerprint density at radius 3 is 2.56 bits per heavy atom. The molecule has 0 bridgehead atoms. The number of hydrogen-bond donors (Lipinski definition) is 0. The number of carbonyl (C=O) groups is 1. The van der Waals surface area contributed by atoms with E-state index in [-0.39, 0.29) is 0 Å². The van der Waals surface area contributed by atoms with Crippen LogP contribution in [-0.4, -0.2) is 5.78 Å². The Labute approximate surface area is 100.0 Å². The molecule has 0 aromatic rings. The second-order valence-electron chi connectivity index (χ2n) is 6.75.